The number of hydrogen-bond acceptors (Lipinski definition) is 8. The SMILES string of the molecule is Cc1nnc(SCC(=O)N2N=C3C(=Cc4ccco4)CCCC3C2c2ccco2)n1N. The van der Waals surface area contributed by atoms with E-state index in [2.05, 4.69) is 10.2 Å². The van der Waals surface area contributed by atoms with E-state index >= 15 is 0 Å². The van der Waals surface area contributed by atoms with Gasteiger partial charge >= 0.3 is 0 Å². The first-order chi connectivity index (χ1) is 15.1. The Morgan fingerprint density at radius 3 is 2.84 bits per heavy atom. The van der Waals surface area contributed by atoms with Gasteiger partial charge in [-0.1, -0.05) is 11.8 Å². The molecular weight excluding hydrogens is 416 g/mol. The molecule has 1 fully saturated rings. The van der Waals surface area contributed by atoms with Crippen molar-refractivity contribution in [1.29, 1.82) is 0 Å². The second kappa shape index (κ2) is 8.10. The Balaban J connectivity index is 1.44. The number of amides is 1. The van der Waals surface area contributed by atoms with E-state index in [0.29, 0.717) is 11.0 Å². The third-order valence-corrected chi connectivity index (χ3v) is 6.54. The first-order valence-corrected chi connectivity index (χ1v) is 11.1. The van der Waals surface area contributed by atoms with Gasteiger partial charge in [-0.3, -0.25) is 4.79 Å². The molecule has 0 bridgehead atoms. The molecule has 1 saturated carbocycles. The highest BCUT2D eigenvalue weighted by Crippen LogP contribution is 2.44. The Bertz CT molecular complexity index is 1130. The van der Waals surface area contributed by atoms with E-state index in [1.165, 1.54) is 16.4 Å². The summed E-state index contributed by atoms with van der Waals surface area (Å²) in [5, 5.41) is 14.8. The molecular formula is C21H22N6O3S. The van der Waals surface area contributed by atoms with Crippen molar-refractivity contribution in [2.75, 3.05) is 11.6 Å². The summed E-state index contributed by atoms with van der Waals surface area (Å²) in [5.41, 5.74) is 2.03. The molecule has 10 heteroatoms. The average Bonchev–Trinajstić information content (AvgIpc) is 3.55. The topological polar surface area (TPSA) is 116 Å². The van der Waals surface area contributed by atoms with Gasteiger partial charge in [0.15, 0.2) is 0 Å². The van der Waals surface area contributed by atoms with Crippen LogP contribution in [0.25, 0.3) is 6.08 Å². The predicted octanol–water partition coefficient (Wildman–Crippen LogP) is 3.40. The Morgan fingerprint density at radius 2 is 2.13 bits per heavy atom. The molecule has 9 nitrogen and oxygen atoms in total. The Labute approximate surface area is 182 Å². The summed E-state index contributed by atoms with van der Waals surface area (Å²) in [5.74, 6) is 8.11. The number of nitrogens with two attached hydrogens (primary N) is 1. The summed E-state index contributed by atoms with van der Waals surface area (Å²) < 4.78 is 12.6. The molecule has 0 aromatic carbocycles. The van der Waals surface area contributed by atoms with Crippen molar-refractivity contribution < 1.29 is 13.6 Å². The smallest absolute Gasteiger partial charge is 0.253 e. The third kappa shape index (κ3) is 3.67. The maximum absolute atomic E-state index is 13.2. The summed E-state index contributed by atoms with van der Waals surface area (Å²) in [6, 6.07) is 7.25. The van der Waals surface area contributed by atoms with Gasteiger partial charge in [-0.15, -0.1) is 10.2 Å². The highest BCUT2D eigenvalue weighted by atomic mass is 32.2. The number of fused-ring (bicyclic) bond motifs is 1. The zero-order chi connectivity index (χ0) is 21.4. The number of hydrogen-bond donors (Lipinski definition) is 1. The molecule has 2 atom stereocenters. The van der Waals surface area contributed by atoms with Gasteiger partial charge in [0.25, 0.3) is 5.91 Å². The van der Waals surface area contributed by atoms with Crippen LogP contribution in [0.3, 0.4) is 0 Å². The lowest BCUT2D eigenvalue weighted by Gasteiger charge is -2.27. The number of nitrogens with zero attached hydrogens (tertiary/aromatic N) is 5. The van der Waals surface area contributed by atoms with Crippen LogP contribution in [0, 0.1) is 12.8 Å². The standard InChI is InChI=1S/C21H22N6O3S/c1-13-23-24-21(26(13)22)31-12-18(28)27-20(17-8-4-10-30-17)16-7-2-5-14(19(16)25-27)11-15-6-3-9-29-15/h3-4,6,8-11,16,20H,2,5,7,12,22H2,1H3. The first-order valence-electron chi connectivity index (χ1n) is 10.1. The number of rotatable bonds is 5. The minimum absolute atomic E-state index is 0.0791. The van der Waals surface area contributed by atoms with Crippen molar-refractivity contribution in [3.05, 3.63) is 59.7 Å². The number of carbonyl (C=O) groups excluding carboxylic acids is 1. The molecule has 2 unspecified atom stereocenters. The lowest BCUT2D eigenvalue weighted by atomic mass is 9.79. The van der Waals surface area contributed by atoms with Crippen LogP contribution in [0.2, 0.25) is 0 Å². The van der Waals surface area contributed by atoms with Gasteiger partial charge < -0.3 is 14.7 Å². The van der Waals surface area contributed by atoms with Crippen LogP contribution in [0.15, 0.2) is 61.5 Å². The fourth-order valence-electron chi connectivity index (χ4n) is 4.13. The summed E-state index contributed by atoms with van der Waals surface area (Å²) in [7, 11) is 0. The summed E-state index contributed by atoms with van der Waals surface area (Å²) in [6.07, 6.45) is 8.15. The van der Waals surface area contributed by atoms with Crippen LogP contribution in [0.5, 0.6) is 0 Å². The number of carbonyl (C=O) groups is 1. The van der Waals surface area contributed by atoms with Crippen LogP contribution < -0.4 is 5.84 Å². The molecule has 3 aromatic rings. The van der Waals surface area contributed by atoms with Gasteiger partial charge in [-0.2, -0.15) is 5.10 Å². The van der Waals surface area contributed by atoms with Crippen molar-refractivity contribution in [2.24, 2.45) is 11.0 Å². The van der Waals surface area contributed by atoms with E-state index in [4.69, 9.17) is 19.8 Å². The van der Waals surface area contributed by atoms with Gasteiger partial charge in [0.05, 0.1) is 24.0 Å². The van der Waals surface area contributed by atoms with Crippen molar-refractivity contribution >= 4 is 29.5 Å². The fraction of sp³-hybridized carbons (Fsp3) is 0.333. The number of aryl methyl sites for hydroxylation is 1. The van der Waals surface area contributed by atoms with Crippen LogP contribution in [0.4, 0.5) is 0 Å². The Hall–Kier alpha value is -3.27. The minimum atomic E-state index is -0.268. The van der Waals surface area contributed by atoms with Crippen molar-refractivity contribution in [3.63, 3.8) is 0 Å². The molecule has 2 N–H and O–H groups in total. The predicted molar refractivity (Wildman–Crippen MR) is 115 cm³/mol. The van der Waals surface area contributed by atoms with Gasteiger partial charge in [-0.05, 0) is 62.1 Å². The van der Waals surface area contributed by atoms with Crippen molar-refractivity contribution in [1.82, 2.24) is 19.9 Å². The van der Waals surface area contributed by atoms with Crippen molar-refractivity contribution in [2.45, 2.75) is 37.4 Å². The third-order valence-electron chi connectivity index (χ3n) is 5.61. The van der Waals surface area contributed by atoms with Crippen LogP contribution in [0.1, 0.15) is 42.6 Å². The van der Waals surface area contributed by atoms with E-state index in [-0.39, 0.29) is 23.6 Å². The molecule has 160 valence electrons. The lowest BCUT2D eigenvalue weighted by molar-refractivity contribution is -0.131. The second-order valence-corrected chi connectivity index (χ2v) is 8.50. The zero-order valence-electron chi connectivity index (χ0n) is 17.0. The number of thioether (sulfide) groups is 1. The first kappa shape index (κ1) is 19.7. The highest BCUT2D eigenvalue weighted by Gasteiger charge is 2.45. The minimum Gasteiger partial charge on any atom is -0.467 e. The quantitative estimate of drug-likeness (QED) is 0.479. The molecule has 1 aliphatic heterocycles. The molecule has 0 saturated heterocycles. The number of aromatic nitrogens is 3. The van der Waals surface area contributed by atoms with Crippen LogP contribution in [-0.4, -0.2) is 37.3 Å². The fourth-order valence-corrected chi connectivity index (χ4v) is 4.89. The molecule has 4 heterocycles. The normalized spacial score (nSPS) is 22.0. The van der Waals surface area contributed by atoms with Crippen LogP contribution >= 0.6 is 11.8 Å². The molecule has 31 heavy (non-hydrogen) atoms. The van der Waals surface area contributed by atoms with Gasteiger partial charge in [0, 0.05) is 5.92 Å². The molecule has 0 radical (unpaired) electrons. The summed E-state index contributed by atoms with van der Waals surface area (Å²) >= 11 is 1.24. The Morgan fingerprint density at radius 1 is 1.29 bits per heavy atom. The van der Waals surface area contributed by atoms with Crippen LogP contribution in [-0.2, 0) is 4.79 Å². The zero-order valence-corrected chi connectivity index (χ0v) is 17.8. The van der Waals surface area contributed by atoms with E-state index < -0.39 is 0 Å². The van der Waals surface area contributed by atoms with Crippen molar-refractivity contribution in [3.8, 4) is 0 Å². The van der Waals surface area contributed by atoms with E-state index in [1.807, 2.05) is 30.3 Å². The molecule has 0 spiro atoms. The Kier molecular flexibility index (Phi) is 5.14. The maximum Gasteiger partial charge on any atom is 0.253 e. The lowest BCUT2D eigenvalue weighted by Crippen LogP contribution is -2.32. The molecule has 2 aliphatic rings. The number of hydrazone groups is 1. The van der Waals surface area contributed by atoms with E-state index in [9.17, 15) is 4.79 Å². The molecule has 1 aliphatic carbocycles. The van der Waals surface area contributed by atoms with Gasteiger partial charge in [0.2, 0.25) is 5.16 Å². The number of allylic oxidation sites excluding steroid dienone is 1. The molecule has 5 rings (SSSR count). The second-order valence-electron chi connectivity index (χ2n) is 7.56. The summed E-state index contributed by atoms with van der Waals surface area (Å²) in [6.45, 7) is 1.76. The largest absolute Gasteiger partial charge is 0.467 e. The highest BCUT2D eigenvalue weighted by molar-refractivity contribution is 7.99. The summed E-state index contributed by atoms with van der Waals surface area (Å²) in [4.78, 5) is 13.2. The van der Waals surface area contributed by atoms with Gasteiger partial charge in [-0.25, -0.2) is 9.69 Å². The maximum atomic E-state index is 13.2. The number of nitrogen functional groups attached to an aromatic ring is 1. The average molecular weight is 439 g/mol. The van der Waals surface area contributed by atoms with E-state index in [0.717, 1.165) is 42.1 Å². The number of furan rings is 2. The van der Waals surface area contributed by atoms with Gasteiger partial charge in [0.1, 0.15) is 23.4 Å². The monoisotopic (exact) mass is 438 g/mol. The van der Waals surface area contributed by atoms with E-state index in [1.54, 1.807) is 24.5 Å². The molecule has 3 aromatic heterocycles. The molecule has 1 amide bonds.